The molecule has 0 saturated carbocycles. The highest BCUT2D eigenvalue weighted by Crippen LogP contribution is 2.30. The summed E-state index contributed by atoms with van der Waals surface area (Å²) in [7, 11) is 0. The van der Waals surface area contributed by atoms with Gasteiger partial charge in [0.2, 0.25) is 0 Å². The first kappa shape index (κ1) is 17.0. The molecule has 7 heteroatoms. The largest absolute Gasteiger partial charge is 0.490 e. The molecule has 0 unspecified atom stereocenters. The molecule has 1 atom stereocenters. The van der Waals surface area contributed by atoms with Gasteiger partial charge in [-0.3, -0.25) is 4.79 Å². The first-order valence-electron chi connectivity index (χ1n) is 7.63. The van der Waals surface area contributed by atoms with E-state index in [0.717, 1.165) is 35.4 Å². The van der Waals surface area contributed by atoms with Crippen molar-refractivity contribution in [3.63, 3.8) is 0 Å². The summed E-state index contributed by atoms with van der Waals surface area (Å²) in [5.74, 6) is 0.123. The van der Waals surface area contributed by atoms with Crippen molar-refractivity contribution in [3.05, 3.63) is 64.7 Å². The summed E-state index contributed by atoms with van der Waals surface area (Å²) in [6, 6.07) is 9.70. The van der Waals surface area contributed by atoms with Gasteiger partial charge < -0.3 is 4.74 Å². The first-order valence-corrected chi connectivity index (χ1v) is 7.63. The molecule has 0 radical (unpaired) electrons. The van der Waals surface area contributed by atoms with Crippen LogP contribution < -0.4 is 10.2 Å². The molecule has 1 aliphatic heterocycles. The van der Waals surface area contributed by atoms with Gasteiger partial charge in [0.1, 0.15) is 11.9 Å². The van der Waals surface area contributed by atoms with Crippen LogP contribution in [0.4, 0.5) is 13.2 Å². The summed E-state index contributed by atoms with van der Waals surface area (Å²) in [5, 5.41) is 3.81. The molecule has 0 aliphatic carbocycles. The lowest BCUT2D eigenvalue weighted by Gasteiger charge is -2.07. The molecule has 130 valence electrons. The molecule has 2 aromatic rings. The van der Waals surface area contributed by atoms with Crippen molar-refractivity contribution in [2.24, 2.45) is 5.10 Å². The standard InChI is InChI=1S/C18H15F3N2O2/c1-11-7-14-8-12(5-6-16(14)25-11)10-22-23-17(24)13-3-2-4-15(9-13)18(19,20)21/h2-6,8-11H,7H2,1H3,(H,23,24)/b22-10+/t11-/m1/s1. The predicted molar refractivity (Wildman–Crippen MR) is 86.7 cm³/mol. The van der Waals surface area contributed by atoms with Crippen molar-refractivity contribution in [1.29, 1.82) is 0 Å². The lowest BCUT2D eigenvalue weighted by Crippen LogP contribution is -2.18. The third-order valence-electron chi connectivity index (χ3n) is 3.75. The minimum absolute atomic E-state index is 0.108. The maximum atomic E-state index is 12.7. The van der Waals surface area contributed by atoms with Gasteiger partial charge in [-0.2, -0.15) is 18.3 Å². The molecular formula is C18H15F3N2O2. The van der Waals surface area contributed by atoms with Crippen LogP contribution in [0.1, 0.15) is 34.0 Å². The third kappa shape index (κ3) is 3.99. The number of carbonyl (C=O) groups is 1. The number of ether oxygens (including phenoxy) is 1. The van der Waals surface area contributed by atoms with Crippen LogP contribution in [0, 0.1) is 0 Å². The lowest BCUT2D eigenvalue weighted by atomic mass is 10.1. The molecule has 4 nitrogen and oxygen atoms in total. The highest BCUT2D eigenvalue weighted by molar-refractivity contribution is 5.95. The number of hydrogen-bond acceptors (Lipinski definition) is 3. The van der Waals surface area contributed by atoms with Crippen molar-refractivity contribution < 1.29 is 22.7 Å². The van der Waals surface area contributed by atoms with Crippen LogP contribution in [-0.4, -0.2) is 18.2 Å². The Kier molecular flexibility index (Phi) is 4.48. The SMILES string of the molecule is C[C@@H]1Cc2cc(/C=N/NC(=O)c3cccc(C(F)(F)F)c3)ccc2O1. The van der Waals surface area contributed by atoms with E-state index in [2.05, 4.69) is 10.5 Å². The van der Waals surface area contributed by atoms with Crippen molar-refractivity contribution in [3.8, 4) is 5.75 Å². The number of amides is 1. The van der Waals surface area contributed by atoms with Crippen LogP contribution in [-0.2, 0) is 12.6 Å². The van der Waals surface area contributed by atoms with E-state index in [0.29, 0.717) is 0 Å². The zero-order chi connectivity index (χ0) is 18.0. The highest BCUT2D eigenvalue weighted by atomic mass is 19.4. The minimum Gasteiger partial charge on any atom is -0.490 e. The molecular weight excluding hydrogens is 333 g/mol. The Balaban J connectivity index is 1.67. The molecule has 1 amide bonds. The topological polar surface area (TPSA) is 50.7 Å². The molecule has 1 aliphatic rings. The van der Waals surface area contributed by atoms with Crippen LogP contribution in [0.2, 0.25) is 0 Å². The van der Waals surface area contributed by atoms with Gasteiger partial charge in [0.15, 0.2) is 0 Å². The van der Waals surface area contributed by atoms with Gasteiger partial charge in [-0.25, -0.2) is 5.43 Å². The summed E-state index contributed by atoms with van der Waals surface area (Å²) in [4.78, 5) is 11.9. The molecule has 3 rings (SSSR count). The molecule has 0 bridgehead atoms. The summed E-state index contributed by atoms with van der Waals surface area (Å²) in [6.45, 7) is 1.98. The molecule has 0 fully saturated rings. The normalized spacial score (nSPS) is 16.6. The average Bonchev–Trinajstić information content (AvgIpc) is 2.93. The Hall–Kier alpha value is -2.83. The zero-order valence-electron chi connectivity index (χ0n) is 13.3. The number of carbonyl (C=O) groups excluding carboxylic acids is 1. The first-order chi connectivity index (χ1) is 11.8. The van der Waals surface area contributed by atoms with Gasteiger partial charge in [0.05, 0.1) is 11.8 Å². The molecule has 25 heavy (non-hydrogen) atoms. The van der Waals surface area contributed by atoms with E-state index >= 15 is 0 Å². The Morgan fingerprint density at radius 1 is 1.28 bits per heavy atom. The van der Waals surface area contributed by atoms with E-state index < -0.39 is 17.6 Å². The number of fused-ring (bicyclic) bond motifs is 1. The summed E-state index contributed by atoms with van der Waals surface area (Å²) in [6.07, 6.45) is -2.13. The van der Waals surface area contributed by atoms with Gasteiger partial charge in [-0.1, -0.05) is 6.07 Å². The van der Waals surface area contributed by atoms with Crippen LogP contribution >= 0.6 is 0 Å². The van der Waals surface area contributed by atoms with Crippen LogP contribution in [0.5, 0.6) is 5.75 Å². The van der Waals surface area contributed by atoms with Crippen molar-refractivity contribution >= 4 is 12.1 Å². The third-order valence-corrected chi connectivity index (χ3v) is 3.75. The number of benzene rings is 2. The lowest BCUT2D eigenvalue weighted by molar-refractivity contribution is -0.137. The molecule has 0 spiro atoms. The van der Waals surface area contributed by atoms with Crippen LogP contribution in [0.25, 0.3) is 0 Å². The van der Waals surface area contributed by atoms with Crippen LogP contribution in [0.3, 0.4) is 0 Å². The smallest absolute Gasteiger partial charge is 0.416 e. The maximum absolute atomic E-state index is 12.7. The second kappa shape index (κ2) is 6.58. The molecule has 1 heterocycles. The Morgan fingerprint density at radius 3 is 2.84 bits per heavy atom. The number of alkyl halides is 3. The summed E-state index contributed by atoms with van der Waals surface area (Å²) >= 11 is 0. The Morgan fingerprint density at radius 2 is 2.08 bits per heavy atom. The van der Waals surface area contributed by atoms with Gasteiger partial charge >= 0.3 is 6.18 Å². The Labute approximate surface area is 142 Å². The number of hydrogen-bond donors (Lipinski definition) is 1. The fraction of sp³-hybridized carbons (Fsp3) is 0.222. The van der Waals surface area contributed by atoms with Crippen LogP contribution in [0.15, 0.2) is 47.6 Å². The fourth-order valence-electron chi connectivity index (χ4n) is 2.59. The quantitative estimate of drug-likeness (QED) is 0.678. The number of nitrogens with one attached hydrogen (secondary N) is 1. The van der Waals surface area contributed by atoms with Gasteiger partial charge in [0, 0.05) is 12.0 Å². The van der Waals surface area contributed by atoms with Gasteiger partial charge in [-0.15, -0.1) is 0 Å². The van der Waals surface area contributed by atoms with Crippen molar-refractivity contribution in [1.82, 2.24) is 5.43 Å². The average molecular weight is 348 g/mol. The van der Waals surface area contributed by atoms with Gasteiger partial charge in [0.25, 0.3) is 5.91 Å². The second-order valence-electron chi connectivity index (χ2n) is 5.78. The molecule has 0 aromatic heterocycles. The minimum atomic E-state index is -4.50. The van der Waals surface area contributed by atoms with E-state index in [-0.39, 0.29) is 11.7 Å². The Bertz CT molecular complexity index is 831. The predicted octanol–water partition coefficient (Wildman–Crippen LogP) is 3.79. The van der Waals surface area contributed by atoms with Gasteiger partial charge in [-0.05, 0) is 54.4 Å². The van der Waals surface area contributed by atoms with Crippen molar-refractivity contribution in [2.45, 2.75) is 25.6 Å². The second-order valence-corrected chi connectivity index (χ2v) is 5.78. The summed E-state index contributed by atoms with van der Waals surface area (Å²) in [5.41, 5.74) is 3.07. The molecule has 1 N–H and O–H groups in total. The van der Waals surface area contributed by atoms with E-state index in [9.17, 15) is 18.0 Å². The highest BCUT2D eigenvalue weighted by Gasteiger charge is 2.30. The zero-order valence-corrected chi connectivity index (χ0v) is 13.3. The fourth-order valence-corrected chi connectivity index (χ4v) is 2.59. The number of rotatable bonds is 3. The van der Waals surface area contributed by atoms with E-state index in [1.165, 1.54) is 18.3 Å². The number of halogens is 3. The summed E-state index contributed by atoms with van der Waals surface area (Å²) < 4.78 is 43.6. The number of nitrogens with zero attached hydrogens (tertiary/aromatic N) is 1. The van der Waals surface area contributed by atoms with E-state index in [1.54, 1.807) is 6.07 Å². The monoisotopic (exact) mass is 348 g/mol. The van der Waals surface area contributed by atoms with E-state index in [4.69, 9.17) is 4.74 Å². The van der Waals surface area contributed by atoms with Crippen molar-refractivity contribution in [2.75, 3.05) is 0 Å². The molecule has 2 aromatic carbocycles. The number of hydrazone groups is 1. The van der Waals surface area contributed by atoms with E-state index in [1.807, 2.05) is 19.1 Å². The molecule has 0 saturated heterocycles. The maximum Gasteiger partial charge on any atom is 0.416 e.